The van der Waals surface area contributed by atoms with Crippen LogP contribution in [0.1, 0.15) is 51.1 Å². The van der Waals surface area contributed by atoms with E-state index < -0.39 is 0 Å². The molecule has 0 aromatic heterocycles. The highest BCUT2D eigenvalue weighted by molar-refractivity contribution is 6.31. The van der Waals surface area contributed by atoms with Crippen LogP contribution in [0.25, 0.3) is 0 Å². The Labute approximate surface area is 119 Å². The summed E-state index contributed by atoms with van der Waals surface area (Å²) in [6, 6.07) is 4.40. The van der Waals surface area contributed by atoms with E-state index in [9.17, 15) is 4.39 Å². The number of benzene rings is 1. The summed E-state index contributed by atoms with van der Waals surface area (Å²) in [5.74, 6) is 5.84. The van der Waals surface area contributed by atoms with Crippen molar-refractivity contribution in [1.29, 1.82) is 0 Å². The van der Waals surface area contributed by atoms with Gasteiger partial charge in [-0.15, -0.1) is 0 Å². The smallest absolute Gasteiger partial charge is 0.123 e. The lowest BCUT2D eigenvalue weighted by molar-refractivity contribution is 0.161. The summed E-state index contributed by atoms with van der Waals surface area (Å²) in [7, 11) is 0. The lowest BCUT2D eigenvalue weighted by atomic mass is 9.70. The summed E-state index contributed by atoms with van der Waals surface area (Å²) in [5, 5.41) is 0.578. The van der Waals surface area contributed by atoms with E-state index in [2.05, 4.69) is 19.3 Å². The molecule has 1 fully saturated rings. The zero-order valence-electron chi connectivity index (χ0n) is 11.5. The van der Waals surface area contributed by atoms with E-state index in [1.54, 1.807) is 6.07 Å². The van der Waals surface area contributed by atoms with Gasteiger partial charge in [0.05, 0.1) is 6.04 Å². The fourth-order valence-corrected chi connectivity index (χ4v) is 3.22. The minimum Gasteiger partial charge on any atom is -0.271 e. The molecule has 0 bridgehead atoms. The van der Waals surface area contributed by atoms with Crippen molar-refractivity contribution < 1.29 is 4.39 Å². The predicted molar refractivity (Wildman–Crippen MR) is 77.2 cm³/mol. The van der Waals surface area contributed by atoms with Crippen molar-refractivity contribution in [1.82, 2.24) is 5.43 Å². The molecule has 3 N–H and O–H groups in total. The molecule has 1 aromatic rings. The molecule has 4 heteroatoms. The van der Waals surface area contributed by atoms with Crippen LogP contribution in [0.5, 0.6) is 0 Å². The molecule has 1 unspecified atom stereocenters. The summed E-state index contributed by atoms with van der Waals surface area (Å²) >= 11 is 6.18. The first-order valence-electron chi connectivity index (χ1n) is 6.84. The molecule has 0 spiro atoms. The van der Waals surface area contributed by atoms with Crippen LogP contribution < -0.4 is 11.3 Å². The maximum atomic E-state index is 13.4. The van der Waals surface area contributed by atoms with E-state index in [0.717, 1.165) is 18.4 Å². The number of nitrogens with two attached hydrogens (primary N) is 1. The van der Waals surface area contributed by atoms with E-state index in [1.165, 1.54) is 25.0 Å². The van der Waals surface area contributed by atoms with Gasteiger partial charge in [0.2, 0.25) is 0 Å². The van der Waals surface area contributed by atoms with Crippen LogP contribution in [0.3, 0.4) is 0 Å². The van der Waals surface area contributed by atoms with E-state index in [0.29, 0.717) is 16.4 Å². The quantitative estimate of drug-likeness (QED) is 0.645. The lowest BCUT2D eigenvalue weighted by Gasteiger charge is -2.38. The first kappa shape index (κ1) is 14.8. The highest BCUT2D eigenvalue weighted by atomic mass is 35.5. The van der Waals surface area contributed by atoms with Gasteiger partial charge in [-0.05, 0) is 60.8 Å². The average Bonchev–Trinajstić information content (AvgIpc) is 2.36. The van der Waals surface area contributed by atoms with Crippen molar-refractivity contribution in [3.63, 3.8) is 0 Å². The van der Waals surface area contributed by atoms with Crippen LogP contribution in [0, 0.1) is 17.2 Å². The Bertz CT molecular complexity index is 438. The van der Waals surface area contributed by atoms with E-state index >= 15 is 0 Å². The summed E-state index contributed by atoms with van der Waals surface area (Å²) in [4.78, 5) is 0. The number of hydrogen-bond acceptors (Lipinski definition) is 2. The zero-order valence-corrected chi connectivity index (χ0v) is 12.3. The Balaban J connectivity index is 2.18. The van der Waals surface area contributed by atoms with Gasteiger partial charge in [-0.2, -0.15) is 0 Å². The number of rotatable bonds is 3. The Kier molecular flexibility index (Phi) is 4.49. The molecule has 19 heavy (non-hydrogen) atoms. The molecule has 0 heterocycles. The second-order valence-corrected chi connectivity index (χ2v) is 6.72. The van der Waals surface area contributed by atoms with Crippen molar-refractivity contribution in [3.05, 3.63) is 34.6 Å². The third kappa shape index (κ3) is 3.47. The molecule has 2 rings (SSSR count). The molecule has 0 radical (unpaired) electrons. The van der Waals surface area contributed by atoms with E-state index in [1.807, 2.05) is 0 Å². The highest BCUT2D eigenvalue weighted by Crippen LogP contribution is 2.43. The van der Waals surface area contributed by atoms with Gasteiger partial charge in [0.15, 0.2) is 0 Å². The van der Waals surface area contributed by atoms with Gasteiger partial charge in [0.25, 0.3) is 0 Å². The van der Waals surface area contributed by atoms with Crippen LogP contribution in [0.4, 0.5) is 4.39 Å². The molecule has 1 atom stereocenters. The summed E-state index contributed by atoms with van der Waals surface area (Å²) in [6.45, 7) is 4.59. The third-order valence-electron chi connectivity index (χ3n) is 4.33. The monoisotopic (exact) mass is 284 g/mol. The lowest BCUT2D eigenvalue weighted by Crippen LogP contribution is -2.36. The van der Waals surface area contributed by atoms with Crippen LogP contribution in [-0.2, 0) is 0 Å². The largest absolute Gasteiger partial charge is 0.271 e. The van der Waals surface area contributed by atoms with Crippen molar-refractivity contribution in [2.24, 2.45) is 17.2 Å². The average molecular weight is 285 g/mol. The molecule has 0 saturated heterocycles. The second-order valence-electron chi connectivity index (χ2n) is 6.31. The van der Waals surface area contributed by atoms with Crippen molar-refractivity contribution in [2.45, 2.75) is 45.6 Å². The van der Waals surface area contributed by atoms with Crippen molar-refractivity contribution in [2.75, 3.05) is 0 Å². The Morgan fingerprint density at radius 1 is 1.37 bits per heavy atom. The van der Waals surface area contributed by atoms with E-state index in [4.69, 9.17) is 17.4 Å². The standard InChI is InChI=1S/C15H22ClFN2/c1-15(2)7-5-10(6-8-15)14(19-18)12-9-11(17)3-4-13(12)16/h3-4,9-10,14,19H,5-8,18H2,1-2H3. The summed E-state index contributed by atoms with van der Waals surface area (Å²) < 4.78 is 13.4. The molecule has 0 amide bonds. The van der Waals surface area contributed by atoms with Gasteiger partial charge >= 0.3 is 0 Å². The number of hydrazine groups is 1. The molecule has 1 aliphatic rings. The maximum absolute atomic E-state index is 13.4. The molecular formula is C15H22ClFN2. The summed E-state index contributed by atoms with van der Waals surface area (Å²) in [6.07, 6.45) is 4.52. The summed E-state index contributed by atoms with van der Waals surface area (Å²) in [5.41, 5.74) is 4.01. The van der Waals surface area contributed by atoms with Crippen LogP contribution in [0.15, 0.2) is 18.2 Å². The maximum Gasteiger partial charge on any atom is 0.123 e. The van der Waals surface area contributed by atoms with Crippen molar-refractivity contribution >= 4 is 11.6 Å². The number of halogens is 2. The van der Waals surface area contributed by atoms with Gasteiger partial charge in [-0.1, -0.05) is 25.4 Å². The molecule has 1 aliphatic carbocycles. The highest BCUT2D eigenvalue weighted by Gasteiger charge is 2.32. The Morgan fingerprint density at radius 3 is 2.58 bits per heavy atom. The molecule has 2 nitrogen and oxygen atoms in total. The van der Waals surface area contributed by atoms with Gasteiger partial charge in [0.1, 0.15) is 5.82 Å². The molecule has 1 aromatic carbocycles. The minimum atomic E-state index is -0.268. The minimum absolute atomic E-state index is 0.0701. The topological polar surface area (TPSA) is 38.0 Å². The predicted octanol–water partition coefficient (Wildman–Crippen LogP) is 4.20. The van der Waals surface area contributed by atoms with Crippen LogP contribution in [-0.4, -0.2) is 0 Å². The van der Waals surface area contributed by atoms with Gasteiger partial charge in [0, 0.05) is 5.02 Å². The number of hydrogen-bond donors (Lipinski definition) is 2. The zero-order chi connectivity index (χ0) is 14.0. The van der Waals surface area contributed by atoms with Gasteiger partial charge < -0.3 is 0 Å². The fraction of sp³-hybridized carbons (Fsp3) is 0.600. The fourth-order valence-electron chi connectivity index (χ4n) is 2.99. The van der Waals surface area contributed by atoms with Crippen molar-refractivity contribution in [3.8, 4) is 0 Å². The van der Waals surface area contributed by atoms with Gasteiger partial charge in [-0.25, -0.2) is 4.39 Å². The van der Waals surface area contributed by atoms with Crippen LogP contribution >= 0.6 is 11.6 Å². The first-order chi connectivity index (χ1) is 8.93. The van der Waals surface area contributed by atoms with Gasteiger partial charge in [-0.3, -0.25) is 11.3 Å². The normalized spacial score (nSPS) is 21.3. The second kappa shape index (κ2) is 5.78. The first-order valence-corrected chi connectivity index (χ1v) is 7.22. The molecule has 106 valence electrons. The third-order valence-corrected chi connectivity index (χ3v) is 4.67. The van der Waals surface area contributed by atoms with E-state index in [-0.39, 0.29) is 11.9 Å². The number of nitrogens with one attached hydrogen (secondary N) is 1. The Hall–Kier alpha value is -0.640. The molecule has 0 aliphatic heterocycles. The molecule has 1 saturated carbocycles. The molecular weight excluding hydrogens is 263 g/mol. The SMILES string of the molecule is CC1(C)CCC(C(NN)c2cc(F)ccc2Cl)CC1. The Morgan fingerprint density at radius 2 is 2.00 bits per heavy atom. The van der Waals surface area contributed by atoms with Crippen LogP contribution in [0.2, 0.25) is 5.02 Å².